The standard InChI is InChI=1S/C26H29ClN8O2/c1-5-30-26(36)19-13(3)18(27)10-17(22(19)37-6-2)14(4)35-25-20(23(29)33-12-34-25)21(28)16-9-15-7-8-31-24(15)32-11-16/h7-12,14,28H,5-6H2,1-4H3,(H,30,36)(H,31,32)(H3,29,33,34,35). The summed E-state index contributed by atoms with van der Waals surface area (Å²) in [5.74, 6) is 0.689. The molecular formula is C26H29ClN8O2. The highest BCUT2D eigenvalue weighted by Gasteiger charge is 2.26. The Morgan fingerprint density at radius 1 is 1.24 bits per heavy atom. The largest absolute Gasteiger partial charge is 0.493 e. The molecule has 0 radical (unpaired) electrons. The van der Waals surface area contributed by atoms with Gasteiger partial charge in [0.15, 0.2) is 0 Å². The third-order valence-electron chi connectivity index (χ3n) is 5.99. The molecule has 4 rings (SSSR count). The van der Waals surface area contributed by atoms with Crippen LogP contribution >= 0.6 is 11.6 Å². The number of aromatic amines is 1. The van der Waals surface area contributed by atoms with Gasteiger partial charge >= 0.3 is 0 Å². The van der Waals surface area contributed by atoms with Crippen LogP contribution in [0.1, 0.15) is 59.4 Å². The lowest BCUT2D eigenvalue weighted by atomic mass is 9.97. The molecule has 3 heterocycles. The number of H-pyrrole nitrogens is 1. The van der Waals surface area contributed by atoms with Crippen LogP contribution < -0.4 is 21.1 Å². The number of nitrogens with one attached hydrogen (secondary N) is 4. The van der Waals surface area contributed by atoms with E-state index in [1.807, 2.05) is 32.9 Å². The van der Waals surface area contributed by atoms with Gasteiger partial charge in [-0.1, -0.05) is 11.6 Å². The summed E-state index contributed by atoms with van der Waals surface area (Å²) in [6, 6.07) is 5.10. The number of nitrogens with two attached hydrogens (primary N) is 1. The number of fused-ring (bicyclic) bond motifs is 1. The van der Waals surface area contributed by atoms with Crippen LogP contribution in [0, 0.1) is 12.3 Å². The second kappa shape index (κ2) is 10.8. The van der Waals surface area contributed by atoms with Crippen molar-refractivity contribution in [2.24, 2.45) is 0 Å². The normalized spacial score (nSPS) is 11.8. The molecule has 0 saturated heterocycles. The number of rotatable bonds is 9. The van der Waals surface area contributed by atoms with Crippen LogP contribution in [0.3, 0.4) is 0 Å². The molecule has 1 unspecified atom stereocenters. The van der Waals surface area contributed by atoms with Crippen molar-refractivity contribution in [3.05, 3.63) is 69.8 Å². The SMILES string of the molecule is CCNC(=O)c1c(C)c(Cl)cc(C(C)Nc2ncnc(N)c2C(=N)c2cnc3[nH]ccc3c2)c1OCC. The number of nitrogen functional groups attached to an aromatic ring is 1. The lowest BCUT2D eigenvalue weighted by Gasteiger charge is -2.24. The van der Waals surface area contributed by atoms with E-state index in [1.165, 1.54) is 6.33 Å². The van der Waals surface area contributed by atoms with Gasteiger partial charge in [0.05, 0.1) is 29.5 Å². The van der Waals surface area contributed by atoms with Crippen LogP contribution in [-0.2, 0) is 0 Å². The molecule has 0 spiro atoms. The van der Waals surface area contributed by atoms with Gasteiger partial charge in [0.2, 0.25) is 0 Å². The Morgan fingerprint density at radius 2 is 2.03 bits per heavy atom. The number of aromatic nitrogens is 4. The lowest BCUT2D eigenvalue weighted by Crippen LogP contribution is -2.25. The Balaban J connectivity index is 1.76. The predicted molar refractivity (Wildman–Crippen MR) is 146 cm³/mol. The number of hydrogen-bond acceptors (Lipinski definition) is 8. The van der Waals surface area contributed by atoms with Gasteiger partial charge in [-0.3, -0.25) is 10.2 Å². The van der Waals surface area contributed by atoms with Gasteiger partial charge in [-0.2, -0.15) is 0 Å². The third-order valence-corrected chi connectivity index (χ3v) is 6.39. The van der Waals surface area contributed by atoms with Crippen molar-refractivity contribution in [2.75, 3.05) is 24.2 Å². The maximum absolute atomic E-state index is 12.9. The van der Waals surface area contributed by atoms with Crippen molar-refractivity contribution in [1.82, 2.24) is 25.3 Å². The molecular weight excluding hydrogens is 492 g/mol. The molecule has 0 aliphatic carbocycles. The van der Waals surface area contributed by atoms with Crippen LogP contribution in [0.15, 0.2) is 36.9 Å². The highest BCUT2D eigenvalue weighted by Crippen LogP contribution is 2.38. The van der Waals surface area contributed by atoms with E-state index in [9.17, 15) is 4.79 Å². The zero-order chi connectivity index (χ0) is 26.7. The Morgan fingerprint density at radius 3 is 2.76 bits per heavy atom. The highest BCUT2D eigenvalue weighted by molar-refractivity contribution is 6.32. The first-order valence-corrected chi connectivity index (χ1v) is 12.3. The Kier molecular flexibility index (Phi) is 7.58. The number of carbonyl (C=O) groups excluding carboxylic acids is 1. The van der Waals surface area contributed by atoms with E-state index in [1.54, 1.807) is 25.4 Å². The summed E-state index contributed by atoms with van der Waals surface area (Å²) in [5.41, 5.74) is 9.67. The van der Waals surface area contributed by atoms with Crippen molar-refractivity contribution in [3.63, 3.8) is 0 Å². The number of amides is 1. The number of benzene rings is 1. The molecule has 1 aromatic carbocycles. The number of halogens is 1. The molecule has 0 bridgehead atoms. The van der Waals surface area contributed by atoms with Crippen LogP contribution in [0.2, 0.25) is 5.02 Å². The molecule has 11 heteroatoms. The minimum atomic E-state index is -0.418. The minimum Gasteiger partial charge on any atom is -0.493 e. The number of ether oxygens (including phenoxy) is 1. The predicted octanol–water partition coefficient (Wildman–Crippen LogP) is 4.63. The first-order valence-electron chi connectivity index (χ1n) is 11.9. The fourth-order valence-electron chi connectivity index (χ4n) is 4.15. The van der Waals surface area contributed by atoms with Crippen LogP contribution in [0.5, 0.6) is 5.75 Å². The molecule has 0 saturated carbocycles. The molecule has 0 fully saturated rings. The fraction of sp³-hybridized carbons (Fsp3) is 0.269. The number of pyridine rings is 1. The summed E-state index contributed by atoms with van der Waals surface area (Å²) >= 11 is 6.56. The average Bonchev–Trinajstić information content (AvgIpc) is 3.34. The smallest absolute Gasteiger partial charge is 0.255 e. The quantitative estimate of drug-likeness (QED) is 0.201. The molecule has 192 valence electrons. The summed E-state index contributed by atoms with van der Waals surface area (Å²) in [6.07, 6.45) is 4.73. The van der Waals surface area contributed by atoms with Gasteiger partial charge in [-0.15, -0.1) is 0 Å². The maximum atomic E-state index is 12.9. The zero-order valence-corrected chi connectivity index (χ0v) is 21.8. The summed E-state index contributed by atoms with van der Waals surface area (Å²) < 4.78 is 5.96. The summed E-state index contributed by atoms with van der Waals surface area (Å²) in [7, 11) is 0. The molecule has 6 N–H and O–H groups in total. The fourth-order valence-corrected chi connectivity index (χ4v) is 4.36. The Bertz CT molecular complexity index is 1480. The van der Waals surface area contributed by atoms with Crippen molar-refractivity contribution in [2.45, 2.75) is 33.7 Å². The van der Waals surface area contributed by atoms with Crippen molar-refractivity contribution >= 4 is 45.9 Å². The van der Waals surface area contributed by atoms with E-state index >= 15 is 0 Å². The van der Waals surface area contributed by atoms with E-state index in [4.69, 9.17) is 27.5 Å². The van der Waals surface area contributed by atoms with Gasteiger partial charge in [-0.25, -0.2) is 15.0 Å². The molecule has 37 heavy (non-hydrogen) atoms. The number of nitrogens with zero attached hydrogens (tertiary/aromatic N) is 3. The summed E-state index contributed by atoms with van der Waals surface area (Å²) in [6.45, 7) is 8.21. The van der Waals surface area contributed by atoms with Crippen LogP contribution in [-0.4, -0.2) is 44.7 Å². The van der Waals surface area contributed by atoms with E-state index < -0.39 is 6.04 Å². The first-order chi connectivity index (χ1) is 17.8. The summed E-state index contributed by atoms with van der Waals surface area (Å²) in [4.78, 5) is 28.8. The zero-order valence-electron chi connectivity index (χ0n) is 21.1. The Hall–Kier alpha value is -4.18. The van der Waals surface area contributed by atoms with Gasteiger partial charge in [0, 0.05) is 40.5 Å². The molecule has 0 aliphatic heterocycles. The summed E-state index contributed by atoms with van der Waals surface area (Å²) in [5, 5.41) is 16.4. The van der Waals surface area contributed by atoms with Crippen molar-refractivity contribution < 1.29 is 9.53 Å². The van der Waals surface area contributed by atoms with Crippen molar-refractivity contribution in [1.29, 1.82) is 5.41 Å². The van der Waals surface area contributed by atoms with Crippen LogP contribution in [0.25, 0.3) is 11.0 Å². The topological polar surface area (TPSA) is 155 Å². The minimum absolute atomic E-state index is 0.124. The number of hydrogen-bond donors (Lipinski definition) is 5. The van der Waals surface area contributed by atoms with E-state index in [0.717, 1.165) is 11.0 Å². The maximum Gasteiger partial charge on any atom is 0.255 e. The molecule has 0 aliphatic rings. The van der Waals surface area contributed by atoms with Gasteiger partial charge in [0.25, 0.3) is 5.91 Å². The molecule has 10 nitrogen and oxygen atoms in total. The third kappa shape index (κ3) is 5.05. The highest BCUT2D eigenvalue weighted by atomic mass is 35.5. The van der Waals surface area contributed by atoms with Gasteiger partial charge < -0.3 is 26.1 Å². The average molecular weight is 521 g/mol. The lowest BCUT2D eigenvalue weighted by molar-refractivity contribution is 0.0951. The molecule has 1 atom stereocenters. The van der Waals surface area contributed by atoms with E-state index in [0.29, 0.717) is 57.6 Å². The van der Waals surface area contributed by atoms with Crippen LogP contribution in [0.4, 0.5) is 11.6 Å². The Labute approximate surface area is 219 Å². The second-order valence-electron chi connectivity index (χ2n) is 8.43. The number of carbonyl (C=O) groups is 1. The van der Waals surface area contributed by atoms with Gasteiger partial charge in [-0.05, 0) is 51.5 Å². The van der Waals surface area contributed by atoms with E-state index in [-0.39, 0.29) is 17.4 Å². The monoisotopic (exact) mass is 520 g/mol. The van der Waals surface area contributed by atoms with E-state index in [2.05, 4.69) is 30.6 Å². The number of anilines is 2. The van der Waals surface area contributed by atoms with Gasteiger partial charge in [0.1, 0.15) is 29.4 Å². The molecule has 1 amide bonds. The molecule has 4 aromatic rings. The molecule has 3 aromatic heterocycles. The van der Waals surface area contributed by atoms with Crippen molar-refractivity contribution in [3.8, 4) is 5.75 Å². The second-order valence-corrected chi connectivity index (χ2v) is 8.84. The first kappa shape index (κ1) is 25.9.